The summed E-state index contributed by atoms with van der Waals surface area (Å²) >= 11 is 0. The van der Waals surface area contributed by atoms with Gasteiger partial charge in [0.25, 0.3) is 0 Å². The molecule has 6 atom stereocenters. The largest absolute Gasteiger partial charge is 0.469 e. The van der Waals surface area contributed by atoms with Crippen molar-refractivity contribution in [1.29, 1.82) is 0 Å². The number of fused-ring (bicyclic) bond motifs is 3. The zero-order valence-electron chi connectivity index (χ0n) is 17.4. The molecule has 3 rings (SSSR count). The maximum atomic E-state index is 12.5. The van der Waals surface area contributed by atoms with E-state index in [0.717, 1.165) is 12.8 Å². The average Bonchev–Trinajstić information content (AvgIpc) is 3.01. The van der Waals surface area contributed by atoms with Crippen LogP contribution in [0.5, 0.6) is 0 Å². The lowest BCUT2D eigenvalue weighted by Gasteiger charge is -2.49. The Morgan fingerprint density at radius 2 is 2.00 bits per heavy atom. The van der Waals surface area contributed by atoms with Crippen LogP contribution >= 0.6 is 0 Å². The Hall–Kier alpha value is -1.03. The van der Waals surface area contributed by atoms with Crippen molar-refractivity contribution in [1.82, 2.24) is 0 Å². The molecule has 0 unspecified atom stereocenters. The lowest BCUT2D eigenvalue weighted by Crippen LogP contribution is -2.58. The fraction of sp³-hybridized carbons (Fsp3) is 0.850. The van der Waals surface area contributed by atoms with Crippen LogP contribution in [0.4, 0.5) is 0 Å². The molecule has 8 nitrogen and oxygen atoms in total. The van der Waals surface area contributed by atoms with Crippen molar-refractivity contribution in [3.8, 4) is 0 Å². The summed E-state index contributed by atoms with van der Waals surface area (Å²) in [5.74, 6) is -3.10. The van der Waals surface area contributed by atoms with E-state index >= 15 is 0 Å². The molecule has 1 heterocycles. The zero-order chi connectivity index (χ0) is 20.6. The number of carbonyl (C=O) groups excluding carboxylic acids is 1. The number of allylic oxidation sites excluding steroid dienone is 1. The molecular weight excluding hydrogens is 368 g/mol. The van der Waals surface area contributed by atoms with E-state index in [1.807, 2.05) is 19.9 Å². The van der Waals surface area contributed by atoms with E-state index in [2.05, 4.69) is 0 Å². The Bertz CT molecular complexity index is 621. The first-order valence-corrected chi connectivity index (χ1v) is 9.63. The highest BCUT2D eigenvalue weighted by Crippen LogP contribution is 2.70. The lowest BCUT2D eigenvalue weighted by atomic mass is 9.55. The monoisotopic (exact) mass is 400 g/mol. The molecule has 2 aliphatic carbocycles. The molecule has 1 aliphatic heterocycles. The van der Waals surface area contributed by atoms with Gasteiger partial charge in [-0.15, -0.1) is 0 Å². The first kappa shape index (κ1) is 21.7. The van der Waals surface area contributed by atoms with Gasteiger partial charge in [-0.05, 0) is 26.2 Å². The Kier molecular flexibility index (Phi) is 6.20. The molecule has 0 bridgehead atoms. The third-order valence-corrected chi connectivity index (χ3v) is 7.03. The molecule has 1 saturated heterocycles. The van der Waals surface area contributed by atoms with Gasteiger partial charge in [0.15, 0.2) is 5.79 Å². The molecule has 160 valence electrons. The van der Waals surface area contributed by atoms with Crippen molar-refractivity contribution in [2.24, 2.45) is 16.7 Å². The fourth-order valence-corrected chi connectivity index (χ4v) is 5.44. The van der Waals surface area contributed by atoms with Gasteiger partial charge in [0, 0.05) is 19.6 Å². The van der Waals surface area contributed by atoms with Crippen molar-refractivity contribution >= 4 is 5.97 Å². The first-order chi connectivity index (χ1) is 13.3. The van der Waals surface area contributed by atoms with E-state index < -0.39 is 40.7 Å². The van der Waals surface area contributed by atoms with Gasteiger partial charge in [0.2, 0.25) is 0 Å². The number of carbonyl (C=O) groups is 1. The van der Waals surface area contributed by atoms with Gasteiger partial charge < -0.3 is 33.5 Å². The Morgan fingerprint density at radius 1 is 1.29 bits per heavy atom. The van der Waals surface area contributed by atoms with Gasteiger partial charge in [-0.1, -0.05) is 18.6 Å². The lowest BCUT2D eigenvalue weighted by molar-refractivity contribution is -0.261. The smallest absolute Gasteiger partial charge is 0.314 e. The highest BCUT2D eigenvalue weighted by molar-refractivity contribution is 5.75. The molecular formula is C20H32O8. The highest BCUT2D eigenvalue weighted by atomic mass is 16.7. The number of rotatable bonds is 8. The van der Waals surface area contributed by atoms with Crippen LogP contribution in [0.1, 0.15) is 33.1 Å². The van der Waals surface area contributed by atoms with Crippen molar-refractivity contribution < 1.29 is 38.3 Å². The van der Waals surface area contributed by atoms with E-state index in [-0.39, 0.29) is 20.0 Å². The molecule has 0 aromatic carbocycles. The molecule has 0 amide bonds. The summed E-state index contributed by atoms with van der Waals surface area (Å²) in [4.78, 5) is 12.5. The summed E-state index contributed by atoms with van der Waals surface area (Å²) in [7, 11) is 4.42. The van der Waals surface area contributed by atoms with E-state index in [4.69, 9.17) is 28.4 Å². The van der Waals surface area contributed by atoms with Crippen LogP contribution in [-0.2, 0) is 33.2 Å². The van der Waals surface area contributed by atoms with Crippen molar-refractivity contribution in [2.45, 2.75) is 51.1 Å². The topological polar surface area (TPSA) is 92.7 Å². The molecule has 3 aliphatic rings. The van der Waals surface area contributed by atoms with Gasteiger partial charge in [-0.2, -0.15) is 0 Å². The minimum atomic E-state index is -1.74. The molecule has 1 N–H and O–H groups in total. The third kappa shape index (κ3) is 2.93. The van der Waals surface area contributed by atoms with Crippen molar-refractivity contribution in [3.05, 3.63) is 11.6 Å². The second-order valence-corrected chi connectivity index (χ2v) is 8.23. The van der Waals surface area contributed by atoms with Crippen LogP contribution in [-0.4, -0.2) is 70.6 Å². The number of esters is 1. The van der Waals surface area contributed by atoms with Crippen LogP contribution in [0.2, 0.25) is 0 Å². The molecule has 2 fully saturated rings. The summed E-state index contributed by atoms with van der Waals surface area (Å²) in [5, 5.41) is 11.8. The maximum absolute atomic E-state index is 12.5. The predicted octanol–water partition coefficient (Wildman–Crippen LogP) is 1.61. The quantitative estimate of drug-likeness (QED) is 0.284. The van der Waals surface area contributed by atoms with Gasteiger partial charge in [-0.25, -0.2) is 0 Å². The molecule has 0 radical (unpaired) electrons. The van der Waals surface area contributed by atoms with Gasteiger partial charge in [-0.3, -0.25) is 4.79 Å². The number of methoxy groups -OCH3 is 3. The molecule has 0 spiro atoms. The normalized spacial score (nSPS) is 42.1. The summed E-state index contributed by atoms with van der Waals surface area (Å²) in [5.41, 5.74) is -0.308. The molecule has 1 saturated carbocycles. The Labute approximate surface area is 166 Å². The third-order valence-electron chi connectivity index (χ3n) is 7.03. The van der Waals surface area contributed by atoms with Gasteiger partial charge in [0.1, 0.15) is 19.5 Å². The van der Waals surface area contributed by atoms with E-state index in [9.17, 15) is 9.90 Å². The fourth-order valence-electron chi connectivity index (χ4n) is 5.44. The van der Waals surface area contributed by atoms with E-state index in [1.165, 1.54) is 12.7 Å². The Morgan fingerprint density at radius 3 is 2.64 bits per heavy atom. The van der Waals surface area contributed by atoms with E-state index in [0.29, 0.717) is 6.61 Å². The molecule has 8 heteroatoms. The van der Waals surface area contributed by atoms with E-state index in [1.54, 1.807) is 14.2 Å². The SMILES string of the molecule is COCOC[C@]12CCC(C)=C[C@H]1O[C@]1(O)[C@H](C(=O)OC)C[C@@H](OCOC)[C@]21C. The zero-order valence-corrected chi connectivity index (χ0v) is 17.4. The molecule has 0 aromatic rings. The van der Waals surface area contributed by atoms with Crippen molar-refractivity contribution in [3.63, 3.8) is 0 Å². The predicted molar refractivity (Wildman–Crippen MR) is 98.1 cm³/mol. The summed E-state index contributed by atoms with van der Waals surface area (Å²) in [6.45, 7) is 4.48. The maximum Gasteiger partial charge on any atom is 0.314 e. The minimum absolute atomic E-state index is 0.0543. The summed E-state index contributed by atoms with van der Waals surface area (Å²) < 4.78 is 33.2. The summed E-state index contributed by atoms with van der Waals surface area (Å²) in [6, 6.07) is 0. The highest BCUT2D eigenvalue weighted by Gasteiger charge is 2.80. The first-order valence-electron chi connectivity index (χ1n) is 9.63. The number of hydrogen-bond donors (Lipinski definition) is 1. The van der Waals surface area contributed by atoms with Gasteiger partial charge >= 0.3 is 5.97 Å². The second-order valence-electron chi connectivity index (χ2n) is 8.23. The van der Waals surface area contributed by atoms with Crippen LogP contribution in [0.3, 0.4) is 0 Å². The van der Waals surface area contributed by atoms with Crippen LogP contribution in [0, 0.1) is 16.7 Å². The Balaban J connectivity index is 2.08. The average molecular weight is 400 g/mol. The molecule has 28 heavy (non-hydrogen) atoms. The number of hydrogen-bond acceptors (Lipinski definition) is 8. The van der Waals surface area contributed by atoms with Crippen LogP contribution < -0.4 is 0 Å². The summed E-state index contributed by atoms with van der Waals surface area (Å²) in [6.07, 6.45) is 3.03. The standard InChI is InChI=1S/C20H32O8/c1-13-6-7-19(10-26-11-23-3)16(8-13)28-20(22)14(17(21)25-5)9-15(18(19,20)2)27-12-24-4/h8,14-16,22H,6-7,9-12H2,1-5H3/t14-,15+,16+,18+,19+,20+/m0/s1. The van der Waals surface area contributed by atoms with Crippen LogP contribution in [0.15, 0.2) is 11.6 Å². The second kappa shape index (κ2) is 8.01. The minimum Gasteiger partial charge on any atom is -0.469 e. The molecule has 0 aromatic heterocycles. The van der Waals surface area contributed by atoms with Crippen LogP contribution in [0.25, 0.3) is 0 Å². The van der Waals surface area contributed by atoms with Gasteiger partial charge in [0.05, 0.1) is 31.3 Å². The number of ether oxygens (including phenoxy) is 6. The van der Waals surface area contributed by atoms with Crippen molar-refractivity contribution in [2.75, 3.05) is 41.5 Å². The number of aliphatic hydroxyl groups is 1.